The number of nitriles is 1. The van der Waals surface area contributed by atoms with Gasteiger partial charge in [0.1, 0.15) is 6.04 Å². The molecule has 0 fully saturated rings. The summed E-state index contributed by atoms with van der Waals surface area (Å²) < 4.78 is 0.787. The summed E-state index contributed by atoms with van der Waals surface area (Å²) in [6.07, 6.45) is 2.23. The van der Waals surface area contributed by atoms with Crippen LogP contribution in [0.3, 0.4) is 0 Å². The second kappa shape index (κ2) is 8.33. The number of amides is 2. The summed E-state index contributed by atoms with van der Waals surface area (Å²) in [6, 6.07) is 8.21. The van der Waals surface area contributed by atoms with E-state index in [0.717, 1.165) is 4.47 Å². The third-order valence-electron chi connectivity index (χ3n) is 2.77. The molecular weight excluding hydrogens is 322 g/mol. The lowest BCUT2D eigenvalue weighted by Gasteiger charge is -2.15. The van der Waals surface area contributed by atoms with Crippen molar-refractivity contribution in [2.75, 3.05) is 0 Å². The van der Waals surface area contributed by atoms with Gasteiger partial charge in [-0.25, -0.2) is 0 Å². The quantitative estimate of drug-likeness (QED) is 0.745. The predicted molar refractivity (Wildman–Crippen MR) is 78.7 cm³/mol. The van der Waals surface area contributed by atoms with Crippen molar-refractivity contribution in [2.45, 2.75) is 31.7 Å². The normalized spacial score (nSPS) is 11.4. The standard InChI is InChI=1S/C14H16BrN3O2/c15-11-6-4-5-10(9-11)14(20)18-12(13(17)19)7-2-1-3-8-16/h4-6,9,12H,1-3,7H2,(H2,17,19)(H,18,20)/t12-/m0/s1. The molecule has 2 amide bonds. The molecule has 0 spiro atoms. The van der Waals surface area contributed by atoms with Gasteiger partial charge in [0.15, 0.2) is 0 Å². The van der Waals surface area contributed by atoms with Crippen LogP contribution in [0.4, 0.5) is 0 Å². The lowest BCUT2D eigenvalue weighted by Crippen LogP contribution is -2.44. The number of rotatable bonds is 7. The van der Waals surface area contributed by atoms with E-state index in [1.165, 1.54) is 0 Å². The lowest BCUT2D eigenvalue weighted by molar-refractivity contribution is -0.120. The fourth-order valence-electron chi connectivity index (χ4n) is 1.71. The van der Waals surface area contributed by atoms with Gasteiger partial charge in [0.2, 0.25) is 5.91 Å². The zero-order valence-corrected chi connectivity index (χ0v) is 12.5. The number of unbranched alkanes of at least 4 members (excludes halogenated alkanes) is 2. The molecule has 3 N–H and O–H groups in total. The van der Waals surface area contributed by atoms with Crippen molar-refractivity contribution in [3.05, 3.63) is 34.3 Å². The van der Waals surface area contributed by atoms with Crippen LogP contribution < -0.4 is 11.1 Å². The first kappa shape index (κ1) is 16.2. The minimum absolute atomic E-state index is 0.338. The van der Waals surface area contributed by atoms with Crippen molar-refractivity contribution >= 4 is 27.7 Å². The molecule has 0 saturated heterocycles. The molecule has 1 aromatic rings. The van der Waals surface area contributed by atoms with Crippen molar-refractivity contribution in [2.24, 2.45) is 5.73 Å². The molecule has 5 nitrogen and oxygen atoms in total. The molecule has 20 heavy (non-hydrogen) atoms. The molecule has 1 rings (SSSR count). The Balaban J connectivity index is 2.59. The molecule has 6 heteroatoms. The Hall–Kier alpha value is -1.87. The highest BCUT2D eigenvalue weighted by Gasteiger charge is 2.18. The number of nitrogens with zero attached hydrogens (tertiary/aromatic N) is 1. The number of nitrogens with one attached hydrogen (secondary N) is 1. The Bertz CT molecular complexity index is 525. The van der Waals surface area contributed by atoms with Gasteiger partial charge in [-0.15, -0.1) is 0 Å². The van der Waals surface area contributed by atoms with Gasteiger partial charge in [-0.05, 0) is 37.5 Å². The van der Waals surface area contributed by atoms with Gasteiger partial charge in [0.05, 0.1) is 6.07 Å². The maximum Gasteiger partial charge on any atom is 0.251 e. The van der Waals surface area contributed by atoms with Gasteiger partial charge in [-0.2, -0.15) is 5.26 Å². The van der Waals surface area contributed by atoms with Gasteiger partial charge in [0, 0.05) is 16.5 Å². The monoisotopic (exact) mass is 337 g/mol. The minimum atomic E-state index is -0.708. The van der Waals surface area contributed by atoms with Crippen LogP contribution in [0.15, 0.2) is 28.7 Å². The molecule has 0 aliphatic rings. The molecule has 0 aliphatic heterocycles. The number of carbonyl (C=O) groups is 2. The predicted octanol–water partition coefficient (Wildman–Crippen LogP) is 2.12. The van der Waals surface area contributed by atoms with E-state index >= 15 is 0 Å². The number of nitrogens with two attached hydrogens (primary N) is 1. The summed E-state index contributed by atoms with van der Waals surface area (Å²) >= 11 is 3.28. The Morgan fingerprint density at radius 1 is 1.40 bits per heavy atom. The highest BCUT2D eigenvalue weighted by Crippen LogP contribution is 2.12. The van der Waals surface area contributed by atoms with E-state index in [-0.39, 0.29) is 5.91 Å². The Kier molecular flexibility index (Phi) is 6.74. The summed E-state index contributed by atoms with van der Waals surface area (Å²) in [5.41, 5.74) is 5.74. The fraction of sp³-hybridized carbons (Fsp3) is 0.357. The number of benzene rings is 1. The molecule has 0 bridgehead atoms. The number of halogens is 1. The molecule has 0 aromatic heterocycles. The molecular formula is C14H16BrN3O2. The van der Waals surface area contributed by atoms with Crippen LogP contribution in [-0.4, -0.2) is 17.9 Å². The molecule has 0 unspecified atom stereocenters. The first-order valence-corrected chi connectivity index (χ1v) is 7.06. The number of primary amides is 1. The van der Waals surface area contributed by atoms with Crippen molar-refractivity contribution in [3.8, 4) is 6.07 Å². The van der Waals surface area contributed by atoms with Crippen LogP contribution in [-0.2, 0) is 4.79 Å². The Labute approximate surface area is 126 Å². The van der Waals surface area contributed by atoms with Crippen LogP contribution in [0.2, 0.25) is 0 Å². The van der Waals surface area contributed by atoms with E-state index in [4.69, 9.17) is 11.0 Å². The van der Waals surface area contributed by atoms with E-state index in [1.54, 1.807) is 18.2 Å². The van der Waals surface area contributed by atoms with Crippen LogP contribution in [0.1, 0.15) is 36.0 Å². The van der Waals surface area contributed by atoms with Crippen molar-refractivity contribution < 1.29 is 9.59 Å². The summed E-state index contributed by atoms with van der Waals surface area (Å²) in [7, 11) is 0. The minimum Gasteiger partial charge on any atom is -0.368 e. The van der Waals surface area contributed by atoms with Gasteiger partial charge in [0.25, 0.3) is 5.91 Å². The lowest BCUT2D eigenvalue weighted by atomic mass is 10.1. The van der Waals surface area contributed by atoms with E-state index in [9.17, 15) is 9.59 Å². The summed E-state index contributed by atoms with van der Waals surface area (Å²) in [5.74, 6) is -0.902. The molecule has 0 aliphatic carbocycles. The van der Waals surface area contributed by atoms with Crippen LogP contribution in [0, 0.1) is 11.3 Å². The maximum absolute atomic E-state index is 12.0. The third kappa shape index (κ3) is 5.41. The smallest absolute Gasteiger partial charge is 0.251 e. The average molecular weight is 338 g/mol. The van der Waals surface area contributed by atoms with E-state index < -0.39 is 11.9 Å². The van der Waals surface area contributed by atoms with E-state index in [0.29, 0.717) is 31.2 Å². The average Bonchev–Trinajstić information content (AvgIpc) is 2.41. The second-order valence-electron chi connectivity index (χ2n) is 4.34. The zero-order chi connectivity index (χ0) is 15.0. The Morgan fingerprint density at radius 3 is 2.75 bits per heavy atom. The maximum atomic E-state index is 12.0. The Morgan fingerprint density at radius 2 is 2.15 bits per heavy atom. The van der Waals surface area contributed by atoms with Crippen LogP contribution in [0.5, 0.6) is 0 Å². The van der Waals surface area contributed by atoms with Crippen LogP contribution >= 0.6 is 15.9 Å². The van der Waals surface area contributed by atoms with Crippen LogP contribution in [0.25, 0.3) is 0 Å². The van der Waals surface area contributed by atoms with Gasteiger partial charge < -0.3 is 11.1 Å². The molecule has 1 aromatic carbocycles. The van der Waals surface area contributed by atoms with Gasteiger partial charge in [-0.1, -0.05) is 22.0 Å². The van der Waals surface area contributed by atoms with E-state index in [1.807, 2.05) is 12.1 Å². The summed E-state index contributed by atoms with van der Waals surface area (Å²) in [6.45, 7) is 0. The summed E-state index contributed by atoms with van der Waals surface area (Å²) in [4.78, 5) is 23.3. The van der Waals surface area contributed by atoms with Crippen molar-refractivity contribution in [1.82, 2.24) is 5.32 Å². The van der Waals surface area contributed by atoms with Gasteiger partial charge in [-0.3, -0.25) is 9.59 Å². The first-order valence-electron chi connectivity index (χ1n) is 6.27. The first-order chi connectivity index (χ1) is 9.54. The van der Waals surface area contributed by atoms with Crippen molar-refractivity contribution in [1.29, 1.82) is 5.26 Å². The molecule has 1 atom stereocenters. The van der Waals surface area contributed by atoms with Crippen molar-refractivity contribution in [3.63, 3.8) is 0 Å². The van der Waals surface area contributed by atoms with Gasteiger partial charge >= 0.3 is 0 Å². The third-order valence-corrected chi connectivity index (χ3v) is 3.26. The second-order valence-corrected chi connectivity index (χ2v) is 5.26. The highest BCUT2D eigenvalue weighted by molar-refractivity contribution is 9.10. The number of hydrogen-bond acceptors (Lipinski definition) is 3. The molecule has 0 heterocycles. The van der Waals surface area contributed by atoms with E-state index in [2.05, 4.69) is 21.2 Å². The summed E-state index contributed by atoms with van der Waals surface area (Å²) in [5, 5.41) is 11.1. The fourth-order valence-corrected chi connectivity index (χ4v) is 2.11. The number of hydrogen-bond donors (Lipinski definition) is 2. The number of carbonyl (C=O) groups excluding carboxylic acids is 2. The SMILES string of the molecule is N#CCCCC[C@H](NC(=O)c1cccc(Br)c1)C(N)=O. The zero-order valence-electron chi connectivity index (χ0n) is 10.9. The molecule has 0 radical (unpaired) electrons. The molecule has 0 saturated carbocycles. The largest absolute Gasteiger partial charge is 0.368 e. The highest BCUT2D eigenvalue weighted by atomic mass is 79.9. The topological polar surface area (TPSA) is 96.0 Å². The molecule has 106 valence electrons.